The van der Waals surface area contributed by atoms with E-state index in [9.17, 15) is 14.4 Å². The Morgan fingerprint density at radius 1 is 0.456 bits per heavy atom. The Hall–Kier alpha value is -1.72. The largest absolute Gasteiger partial charge is 0.446 e. The van der Waals surface area contributed by atoms with E-state index in [1.807, 2.05) is 0 Å². The maximum absolute atomic E-state index is 12.6. The van der Waals surface area contributed by atoms with Crippen molar-refractivity contribution in [2.75, 3.05) is 58.9 Å². The van der Waals surface area contributed by atoms with Crippen LogP contribution in [0.25, 0.3) is 0 Å². The predicted molar refractivity (Wildman–Crippen MR) is 241 cm³/mol. The summed E-state index contributed by atoms with van der Waals surface area (Å²) in [5, 5.41) is 8.27. The highest BCUT2D eigenvalue weighted by atomic mass is 32.2. The van der Waals surface area contributed by atoms with Gasteiger partial charge in [-0.15, -0.1) is 0 Å². The summed E-state index contributed by atoms with van der Waals surface area (Å²) in [6.07, 6.45) is 37.6. The van der Waals surface area contributed by atoms with Gasteiger partial charge in [0.05, 0.1) is 13.2 Å². The molecule has 0 saturated carbocycles. The lowest BCUT2D eigenvalue weighted by Crippen LogP contribution is -2.36. The fraction of sp³-hybridized carbons (Fsp3) is 0.935. The Morgan fingerprint density at radius 2 is 0.842 bits per heavy atom. The molecule has 0 aliphatic rings. The van der Waals surface area contributed by atoms with Crippen molar-refractivity contribution in [1.82, 2.24) is 16.0 Å². The Morgan fingerprint density at radius 3 is 1.26 bits per heavy atom. The normalized spacial score (nSPS) is 11.7. The number of nitrogens with one attached hydrogen (secondary N) is 3. The second-order valence-electron chi connectivity index (χ2n) is 15.9. The number of alkyl carbamates (subject to hydrolysis) is 2. The van der Waals surface area contributed by atoms with E-state index in [-0.39, 0.29) is 17.6 Å². The number of amides is 3. The van der Waals surface area contributed by atoms with E-state index in [1.54, 1.807) is 7.11 Å². The molecule has 0 rings (SSSR count). The van der Waals surface area contributed by atoms with Gasteiger partial charge in [0.25, 0.3) is 5.24 Å². The van der Waals surface area contributed by atoms with Crippen molar-refractivity contribution in [2.45, 2.75) is 219 Å². The summed E-state index contributed by atoms with van der Waals surface area (Å²) in [4.78, 5) is 37.5. The average Bonchev–Trinajstić information content (AvgIpc) is 3.21. The highest BCUT2D eigenvalue weighted by molar-refractivity contribution is 8.13. The second kappa shape index (κ2) is 47.0. The fourth-order valence-corrected chi connectivity index (χ4v) is 7.44. The van der Waals surface area contributed by atoms with Crippen molar-refractivity contribution in [3.63, 3.8) is 0 Å². The van der Waals surface area contributed by atoms with Gasteiger partial charge in [-0.2, -0.15) is 0 Å². The number of thioether (sulfide) groups is 1. The van der Waals surface area contributed by atoms with E-state index in [4.69, 9.17) is 18.9 Å². The van der Waals surface area contributed by atoms with Gasteiger partial charge in [0.2, 0.25) is 0 Å². The van der Waals surface area contributed by atoms with Crippen LogP contribution >= 0.6 is 11.8 Å². The maximum Gasteiger partial charge on any atom is 0.407 e. The second-order valence-corrected chi connectivity index (χ2v) is 16.9. The number of rotatable bonds is 44. The summed E-state index contributed by atoms with van der Waals surface area (Å²) < 4.78 is 21.4. The molecule has 0 aliphatic heterocycles. The minimum absolute atomic E-state index is 0.120. The zero-order valence-corrected chi connectivity index (χ0v) is 38.2. The van der Waals surface area contributed by atoms with Gasteiger partial charge in [0.1, 0.15) is 12.7 Å². The van der Waals surface area contributed by atoms with E-state index in [2.05, 4.69) is 29.8 Å². The van der Waals surface area contributed by atoms with Crippen LogP contribution in [0.3, 0.4) is 0 Å². The van der Waals surface area contributed by atoms with Crippen LogP contribution in [0.15, 0.2) is 0 Å². The lowest BCUT2D eigenvalue weighted by molar-refractivity contribution is 0.0553. The van der Waals surface area contributed by atoms with Crippen molar-refractivity contribution in [3.8, 4) is 0 Å². The van der Waals surface area contributed by atoms with E-state index < -0.39 is 18.3 Å². The highest BCUT2D eigenvalue weighted by Crippen LogP contribution is 2.15. The van der Waals surface area contributed by atoms with Crippen LogP contribution in [0.2, 0.25) is 0 Å². The highest BCUT2D eigenvalue weighted by Gasteiger charge is 2.19. The molecule has 1 atom stereocenters. The van der Waals surface area contributed by atoms with Gasteiger partial charge in [-0.3, -0.25) is 4.79 Å². The van der Waals surface area contributed by atoms with E-state index >= 15 is 0 Å². The van der Waals surface area contributed by atoms with E-state index in [0.29, 0.717) is 45.9 Å². The summed E-state index contributed by atoms with van der Waals surface area (Å²) in [6.45, 7) is 7.56. The molecule has 338 valence electrons. The Bertz CT molecular complexity index is 870. The SMILES string of the molecule is CCCCCCCCCCCCCCCCCCNC(=O)OC(COC(=O)NCCCCCCCCCCCCCCCC)CSC(=O)NCCCOCCOC. The molecule has 0 heterocycles. The smallest absolute Gasteiger partial charge is 0.407 e. The molecule has 0 aromatic heterocycles. The first-order valence-corrected chi connectivity index (χ1v) is 24.8. The predicted octanol–water partition coefficient (Wildman–Crippen LogP) is 13.0. The molecular weight excluding hydrogens is 739 g/mol. The molecule has 11 heteroatoms. The third-order valence-corrected chi connectivity index (χ3v) is 11.3. The van der Waals surface area contributed by atoms with Crippen molar-refractivity contribution < 1.29 is 33.3 Å². The first-order valence-electron chi connectivity index (χ1n) is 23.9. The van der Waals surface area contributed by atoms with Crippen LogP contribution in [-0.2, 0) is 18.9 Å². The van der Waals surface area contributed by atoms with Gasteiger partial charge >= 0.3 is 12.2 Å². The standard InChI is InChI=1S/C46H91N3O7S/c1-4-6-8-10-12-14-16-18-20-21-23-25-27-29-31-33-36-48-45(51)56-43(42-57-46(52)49-37-34-38-54-40-39-53-3)41-55-44(50)47-35-32-30-28-26-24-22-19-17-15-13-11-9-7-5-2/h43H,4-42H2,1-3H3,(H,47,50)(H,48,51)(H,49,52). The lowest BCUT2D eigenvalue weighted by atomic mass is 10.0. The molecule has 0 aromatic carbocycles. The summed E-state index contributed by atoms with van der Waals surface area (Å²) >= 11 is 1.01. The Kier molecular flexibility index (Phi) is 45.5. The van der Waals surface area contributed by atoms with Crippen LogP contribution in [0.4, 0.5) is 14.4 Å². The van der Waals surface area contributed by atoms with Gasteiger partial charge in [-0.1, -0.05) is 205 Å². The van der Waals surface area contributed by atoms with Gasteiger partial charge < -0.3 is 34.9 Å². The number of carbonyl (C=O) groups excluding carboxylic acids is 3. The molecule has 0 saturated heterocycles. The topological polar surface area (TPSA) is 124 Å². The number of hydrogen-bond acceptors (Lipinski definition) is 8. The van der Waals surface area contributed by atoms with Crippen molar-refractivity contribution in [1.29, 1.82) is 0 Å². The summed E-state index contributed by atoms with van der Waals surface area (Å²) in [7, 11) is 1.63. The average molecular weight is 830 g/mol. The fourth-order valence-electron chi connectivity index (χ4n) is 6.73. The summed E-state index contributed by atoms with van der Waals surface area (Å²) in [5.74, 6) is 0.175. The zero-order valence-electron chi connectivity index (χ0n) is 37.4. The lowest BCUT2D eigenvalue weighted by Gasteiger charge is -2.18. The molecule has 0 spiro atoms. The number of carbonyl (C=O) groups is 3. The molecule has 3 N–H and O–H groups in total. The van der Waals surface area contributed by atoms with Gasteiger partial charge in [-0.25, -0.2) is 9.59 Å². The number of hydrogen-bond donors (Lipinski definition) is 3. The molecular formula is C46H91N3O7S. The van der Waals surface area contributed by atoms with Crippen LogP contribution < -0.4 is 16.0 Å². The summed E-state index contributed by atoms with van der Waals surface area (Å²) in [5.41, 5.74) is 0. The number of methoxy groups -OCH3 is 1. The van der Waals surface area contributed by atoms with Crippen LogP contribution in [0, 0.1) is 0 Å². The zero-order chi connectivity index (χ0) is 41.5. The van der Waals surface area contributed by atoms with E-state index in [1.165, 1.54) is 167 Å². The Balaban J connectivity index is 4.20. The Labute approximate surface area is 355 Å². The van der Waals surface area contributed by atoms with E-state index in [0.717, 1.165) is 37.4 Å². The number of ether oxygens (including phenoxy) is 4. The maximum atomic E-state index is 12.6. The first kappa shape index (κ1) is 55.3. The van der Waals surface area contributed by atoms with Crippen molar-refractivity contribution >= 4 is 29.2 Å². The first-order chi connectivity index (χ1) is 28.0. The molecule has 0 aromatic rings. The molecule has 0 fully saturated rings. The van der Waals surface area contributed by atoms with Crippen LogP contribution in [0.5, 0.6) is 0 Å². The third kappa shape index (κ3) is 45.2. The van der Waals surface area contributed by atoms with Crippen LogP contribution in [0.1, 0.15) is 213 Å². The van der Waals surface area contributed by atoms with Gasteiger partial charge in [0, 0.05) is 39.1 Å². The molecule has 10 nitrogen and oxygen atoms in total. The van der Waals surface area contributed by atoms with Crippen LogP contribution in [-0.4, -0.2) is 82.5 Å². The monoisotopic (exact) mass is 830 g/mol. The molecule has 0 radical (unpaired) electrons. The molecule has 57 heavy (non-hydrogen) atoms. The van der Waals surface area contributed by atoms with Gasteiger partial charge in [0.15, 0.2) is 0 Å². The molecule has 1 unspecified atom stereocenters. The minimum Gasteiger partial charge on any atom is -0.446 e. The van der Waals surface area contributed by atoms with Crippen molar-refractivity contribution in [3.05, 3.63) is 0 Å². The van der Waals surface area contributed by atoms with Gasteiger partial charge in [-0.05, 0) is 19.3 Å². The third-order valence-electron chi connectivity index (χ3n) is 10.3. The molecule has 3 amide bonds. The van der Waals surface area contributed by atoms with Crippen molar-refractivity contribution in [2.24, 2.45) is 0 Å². The summed E-state index contributed by atoms with van der Waals surface area (Å²) in [6, 6.07) is 0. The quantitative estimate of drug-likeness (QED) is 0.0519. The number of unbranched alkanes of at least 4 members (excludes halogenated alkanes) is 28. The molecule has 0 bridgehead atoms. The minimum atomic E-state index is -0.754. The molecule has 0 aliphatic carbocycles.